The fraction of sp³-hybridized carbons (Fsp3) is 0.350. The Bertz CT molecular complexity index is 912. The maximum Gasteiger partial charge on any atom is 0.192 e. The molecule has 26 heavy (non-hydrogen) atoms. The van der Waals surface area contributed by atoms with E-state index in [1.54, 1.807) is 0 Å². The second kappa shape index (κ2) is 7.99. The third-order valence-corrected chi connectivity index (χ3v) is 4.53. The van der Waals surface area contributed by atoms with E-state index in [1.165, 1.54) is 16.3 Å². The van der Waals surface area contributed by atoms with Crippen LogP contribution in [0.4, 0.5) is 0 Å². The molecule has 0 saturated carbocycles. The largest absolute Gasteiger partial charge is 0.357 e. The van der Waals surface area contributed by atoms with Crippen LogP contribution in [0.5, 0.6) is 0 Å². The lowest BCUT2D eigenvalue weighted by Gasteiger charge is -2.18. The Labute approximate surface area is 154 Å². The van der Waals surface area contributed by atoms with Crippen LogP contribution in [0.2, 0.25) is 0 Å². The maximum atomic E-state index is 4.66. The molecule has 136 valence electrons. The molecule has 3 rings (SSSR count). The molecule has 0 spiro atoms. The highest BCUT2D eigenvalue weighted by Gasteiger charge is 2.10. The molecule has 3 aromatic rings. The molecular formula is C20H26N6. The van der Waals surface area contributed by atoms with Gasteiger partial charge in [-0.3, -0.25) is 0 Å². The van der Waals surface area contributed by atoms with Crippen LogP contribution in [-0.2, 0) is 13.6 Å². The predicted octanol–water partition coefficient (Wildman–Crippen LogP) is 3.09. The highest BCUT2D eigenvalue weighted by molar-refractivity contribution is 5.84. The van der Waals surface area contributed by atoms with Crippen molar-refractivity contribution in [2.75, 3.05) is 6.54 Å². The van der Waals surface area contributed by atoms with E-state index in [9.17, 15) is 0 Å². The molecule has 0 saturated heterocycles. The SMILES string of the molecule is CCNC(=NCc1nnc(C)n1C)NC(C)c1ccc2ccccc2c1. The number of fused-ring (bicyclic) bond motifs is 1. The summed E-state index contributed by atoms with van der Waals surface area (Å²) in [5, 5.41) is 17.5. The van der Waals surface area contributed by atoms with Gasteiger partial charge in [0.05, 0.1) is 6.04 Å². The fourth-order valence-corrected chi connectivity index (χ4v) is 2.82. The van der Waals surface area contributed by atoms with Crippen LogP contribution < -0.4 is 10.6 Å². The van der Waals surface area contributed by atoms with E-state index >= 15 is 0 Å². The molecule has 2 N–H and O–H groups in total. The molecular weight excluding hydrogens is 324 g/mol. The molecule has 1 unspecified atom stereocenters. The van der Waals surface area contributed by atoms with Crippen LogP contribution in [0.1, 0.15) is 37.1 Å². The molecule has 1 heterocycles. The van der Waals surface area contributed by atoms with E-state index in [0.29, 0.717) is 6.54 Å². The number of benzene rings is 2. The van der Waals surface area contributed by atoms with E-state index in [2.05, 4.69) is 82.1 Å². The minimum absolute atomic E-state index is 0.138. The van der Waals surface area contributed by atoms with E-state index in [1.807, 2.05) is 18.5 Å². The van der Waals surface area contributed by atoms with Crippen LogP contribution >= 0.6 is 0 Å². The second-order valence-electron chi connectivity index (χ2n) is 6.39. The molecule has 0 bridgehead atoms. The zero-order valence-electron chi connectivity index (χ0n) is 15.8. The summed E-state index contributed by atoms with van der Waals surface area (Å²) in [6, 6.07) is 15.1. The number of nitrogens with one attached hydrogen (secondary N) is 2. The quantitative estimate of drug-likeness (QED) is 0.548. The van der Waals surface area contributed by atoms with Crippen molar-refractivity contribution in [2.24, 2.45) is 12.0 Å². The molecule has 0 radical (unpaired) electrons. The summed E-state index contributed by atoms with van der Waals surface area (Å²) < 4.78 is 1.96. The molecule has 6 heteroatoms. The molecule has 6 nitrogen and oxygen atoms in total. The van der Waals surface area contributed by atoms with Gasteiger partial charge in [0.2, 0.25) is 0 Å². The molecule has 0 aliphatic carbocycles. The number of rotatable bonds is 5. The Kier molecular flexibility index (Phi) is 5.51. The van der Waals surface area contributed by atoms with Gasteiger partial charge in [-0.15, -0.1) is 10.2 Å². The van der Waals surface area contributed by atoms with Crippen LogP contribution in [0.25, 0.3) is 10.8 Å². The first-order valence-electron chi connectivity index (χ1n) is 8.97. The monoisotopic (exact) mass is 350 g/mol. The minimum atomic E-state index is 0.138. The van der Waals surface area contributed by atoms with E-state index in [4.69, 9.17) is 0 Å². The molecule has 0 fully saturated rings. The average molecular weight is 350 g/mol. The number of hydrogen-bond acceptors (Lipinski definition) is 3. The second-order valence-corrected chi connectivity index (χ2v) is 6.39. The van der Waals surface area contributed by atoms with Crippen LogP contribution in [0.3, 0.4) is 0 Å². The lowest BCUT2D eigenvalue weighted by molar-refractivity contribution is 0.682. The van der Waals surface area contributed by atoms with Gasteiger partial charge in [-0.2, -0.15) is 0 Å². The zero-order chi connectivity index (χ0) is 18.5. The molecule has 0 aliphatic rings. The van der Waals surface area contributed by atoms with E-state index in [-0.39, 0.29) is 6.04 Å². The smallest absolute Gasteiger partial charge is 0.192 e. The van der Waals surface area contributed by atoms with Crippen LogP contribution in [0, 0.1) is 6.92 Å². The van der Waals surface area contributed by atoms with Gasteiger partial charge in [0.25, 0.3) is 0 Å². The third kappa shape index (κ3) is 4.02. The van der Waals surface area contributed by atoms with Gasteiger partial charge in [0.15, 0.2) is 11.8 Å². The highest BCUT2D eigenvalue weighted by atomic mass is 15.3. The molecule has 0 amide bonds. The van der Waals surface area contributed by atoms with Gasteiger partial charge in [-0.1, -0.05) is 36.4 Å². The first-order chi connectivity index (χ1) is 12.6. The minimum Gasteiger partial charge on any atom is -0.357 e. The Morgan fingerprint density at radius 1 is 1.15 bits per heavy atom. The lowest BCUT2D eigenvalue weighted by atomic mass is 10.0. The summed E-state index contributed by atoms with van der Waals surface area (Å²) in [6.45, 7) is 7.42. The normalized spacial score (nSPS) is 13.0. The van der Waals surface area contributed by atoms with Gasteiger partial charge < -0.3 is 15.2 Å². The van der Waals surface area contributed by atoms with E-state index in [0.717, 1.165) is 24.2 Å². The molecule has 1 aromatic heterocycles. The predicted molar refractivity (Wildman–Crippen MR) is 106 cm³/mol. The first kappa shape index (κ1) is 17.9. The van der Waals surface area contributed by atoms with Gasteiger partial charge in [0.1, 0.15) is 12.4 Å². The Morgan fingerprint density at radius 3 is 2.62 bits per heavy atom. The standard InChI is InChI=1S/C20H26N6/c1-5-21-20(22-13-19-25-24-15(3)26(19)4)23-14(2)17-11-10-16-8-6-7-9-18(16)12-17/h6-12,14H,5,13H2,1-4H3,(H2,21,22,23). The Balaban J connectivity index is 1.75. The maximum absolute atomic E-state index is 4.66. The zero-order valence-corrected chi connectivity index (χ0v) is 15.8. The summed E-state index contributed by atoms with van der Waals surface area (Å²) in [5.41, 5.74) is 1.23. The summed E-state index contributed by atoms with van der Waals surface area (Å²) in [5.74, 6) is 2.50. The number of guanidine groups is 1. The van der Waals surface area contributed by atoms with Crippen molar-refractivity contribution in [2.45, 2.75) is 33.4 Å². The fourth-order valence-electron chi connectivity index (χ4n) is 2.82. The Morgan fingerprint density at radius 2 is 1.92 bits per heavy atom. The Hall–Kier alpha value is -2.89. The van der Waals surface area contributed by atoms with Crippen LogP contribution in [0.15, 0.2) is 47.5 Å². The number of aromatic nitrogens is 3. The van der Waals surface area contributed by atoms with E-state index < -0.39 is 0 Å². The topological polar surface area (TPSA) is 67.1 Å². The molecule has 1 atom stereocenters. The van der Waals surface area contributed by atoms with Crippen molar-refractivity contribution in [3.8, 4) is 0 Å². The number of nitrogens with zero attached hydrogens (tertiary/aromatic N) is 4. The number of aliphatic imine (C=N–C) groups is 1. The molecule has 2 aromatic carbocycles. The van der Waals surface area contributed by atoms with Gasteiger partial charge in [-0.05, 0) is 43.2 Å². The van der Waals surface area contributed by atoms with Crippen molar-refractivity contribution in [1.82, 2.24) is 25.4 Å². The summed E-state index contributed by atoms with van der Waals surface area (Å²) in [6.07, 6.45) is 0. The van der Waals surface area contributed by atoms with Gasteiger partial charge in [-0.25, -0.2) is 4.99 Å². The van der Waals surface area contributed by atoms with Gasteiger partial charge >= 0.3 is 0 Å². The summed E-state index contributed by atoms with van der Waals surface area (Å²) in [4.78, 5) is 4.66. The lowest BCUT2D eigenvalue weighted by Crippen LogP contribution is -2.38. The highest BCUT2D eigenvalue weighted by Crippen LogP contribution is 2.20. The number of hydrogen-bond donors (Lipinski definition) is 2. The summed E-state index contributed by atoms with van der Waals surface area (Å²) >= 11 is 0. The number of aryl methyl sites for hydroxylation is 1. The summed E-state index contributed by atoms with van der Waals surface area (Å²) in [7, 11) is 1.96. The third-order valence-electron chi connectivity index (χ3n) is 4.53. The van der Waals surface area contributed by atoms with Crippen molar-refractivity contribution >= 4 is 16.7 Å². The molecule has 0 aliphatic heterocycles. The average Bonchev–Trinajstić information content (AvgIpc) is 2.97. The van der Waals surface area contributed by atoms with Crippen molar-refractivity contribution in [1.29, 1.82) is 0 Å². The van der Waals surface area contributed by atoms with Crippen LogP contribution in [-0.4, -0.2) is 27.3 Å². The first-order valence-corrected chi connectivity index (χ1v) is 8.97. The van der Waals surface area contributed by atoms with Gasteiger partial charge in [0, 0.05) is 13.6 Å². The van der Waals surface area contributed by atoms with Crippen molar-refractivity contribution in [3.05, 3.63) is 59.7 Å². The van der Waals surface area contributed by atoms with Crippen molar-refractivity contribution < 1.29 is 0 Å². The van der Waals surface area contributed by atoms with Crippen molar-refractivity contribution in [3.63, 3.8) is 0 Å².